The first-order valence-electron chi connectivity index (χ1n) is 11.4. The fraction of sp³-hybridized carbons (Fsp3) is 0.407. The summed E-state index contributed by atoms with van der Waals surface area (Å²) in [6.07, 6.45) is 2.06. The van der Waals surface area contributed by atoms with Crippen molar-refractivity contribution in [1.29, 1.82) is 0 Å². The molecule has 32 heavy (non-hydrogen) atoms. The highest BCUT2D eigenvalue weighted by Crippen LogP contribution is 2.49. The van der Waals surface area contributed by atoms with Crippen LogP contribution < -0.4 is 15.0 Å². The largest absolute Gasteiger partial charge is 0.490 e. The molecule has 1 aliphatic heterocycles. The molecular weight excluding hydrogens is 400 g/mol. The van der Waals surface area contributed by atoms with Gasteiger partial charge in [0.1, 0.15) is 5.75 Å². The number of ketones is 1. The number of hydrogen-bond donors (Lipinski definition) is 1. The van der Waals surface area contributed by atoms with Crippen LogP contribution in [0.15, 0.2) is 59.8 Å². The molecule has 4 rings (SSSR count). The summed E-state index contributed by atoms with van der Waals surface area (Å²) in [6.45, 7) is 9.90. The Bertz CT molecular complexity index is 1090. The van der Waals surface area contributed by atoms with Crippen molar-refractivity contribution in [2.45, 2.75) is 66.0 Å². The number of hydrogen-bond acceptors (Lipinski definition) is 4. The number of anilines is 2. The number of fused-ring (bicyclic) bond motifs is 1. The number of para-hydroxylation sites is 3. The van der Waals surface area contributed by atoms with Gasteiger partial charge in [0.2, 0.25) is 5.91 Å². The van der Waals surface area contributed by atoms with Gasteiger partial charge in [-0.05, 0) is 43.4 Å². The Hall–Kier alpha value is -3.08. The van der Waals surface area contributed by atoms with Gasteiger partial charge in [-0.1, -0.05) is 51.1 Å². The first-order valence-corrected chi connectivity index (χ1v) is 11.4. The predicted molar refractivity (Wildman–Crippen MR) is 128 cm³/mol. The highest BCUT2D eigenvalue weighted by molar-refractivity contribution is 6.06. The summed E-state index contributed by atoms with van der Waals surface area (Å²) in [4.78, 5) is 28.5. The van der Waals surface area contributed by atoms with E-state index in [9.17, 15) is 9.59 Å². The lowest BCUT2D eigenvalue weighted by Crippen LogP contribution is -2.38. The summed E-state index contributed by atoms with van der Waals surface area (Å²) in [5.41, 5.74) is 3.84. The zero-order valence-electron chi connectivity index (χ0n) is 19.6. The van der Waals surface area contributed by atoms with Crippen LogP contribution in [0, 0.1) is 5.41 Å². The molecule has 0 spiro atoms. The van der Waals surface area contributed by atoms with Gasteiger partial charge in [0.25, 0.3) is 0 Å². The smallest absolute Gasteiger partial charge is 0.224 e. The van der Waals surface area contributed by atoms with Gasteiger partial charge in [-0.2, -0.15) is 0 Å². The van der Waals surface area contributed by atoms with E-state index in [2.05, 4.69) is 26.1 Å². The molecule has 5 nitrogen and oxygen atoms in total. The molecule has 0 fully saturated rings. The van der Waals surface area contributed by atoms with E-state index in [0.29, 0.717) is 17.7 Å². The molecular formula is C27H32N2O3. The van der Waals surface area contributed by atoms with Crippen LogP contribution in [-0.2, 0) is 9.59 Å². The van der Waals surface area contributed by atoms with Gasteiger partial charge in [-0.3, -0.25) is 14.5 Å². The van der Waals surface area contributed by atoms with Gasteiger partial charge in [0, 0.05) is 30.2 Å². The summed E-state index contributed by atoms with van der Waals surface area (Å²) in [7, 11) is 0. The van der Waals surface area contributed by atoms with Crippen molar-refractivity contribution >= 4 is 23.1 Å². The van der Waals surface area contributed by atoms with Gasteiger partial charge in [-0.15, -0.1) is 0 Å². The van der Waals surface area contributed by atoms with E-state index in [-0.39, 0.29) is 23.2 Å². The van der Waals surface area contributed by atoms with Crippen molar-refractivity contribution in [1.82, 2.24) is 0 Å². The molecule has 168 valence electrons. The van der Waals surface area contributed by atoms with Gasteiger partial charge in [0.15, 0.2) is 5.78 Å². The number of nitrogens with zero attached hydrogens (tertiary/aromatic N) is 1. The molecule has 0 saturated heterocycles. The summed E-state index contributed by atoms with van der Waals surface area (Å²) < 4.78 is 6.27. The van der Waals surface area contributed by atoms with E-state index in [4.69, 9.17) is 4.74 Å². The van der Waals surface area contributed by atoms with Gasteiger partial charge in [-0.25, -0.2) is 0 Å². The van der Waals surface area contributed by atoms with Crippen LogP contribution in [0.2, 0.25) is 0 Å². The lowest BCUT2D eigenvalue weighted by Gasteiger charge is -2.37. The fourth-order valence-electron chi connectivity index (χ4n) is 4.74. The lowest BCUT2D eigenvalue weighted by molar-refractivity contribution is -0.118. The van der Waals surface area contributed by atoms with Crippen molar-refractivity contribution in [2.24, 2.45) is 5.41 Å². The Labute approximate surface area is 190 Å². The topological polar surface area (TPSA) is 58.6 Å². The van der Waals surface area contributed by atoms with E-state index in [1.54, 1.807) is 11.8 Å². The Morgan fingerprint density at radius 1 is 1.16 bits per heavy atom. The van der Waals surface area contributed by atoms with Crippen LogP contribution in [0.25, 0.3) is 0 Å². The van der Waals surface area contributed by atoms with E-state index in [1.807, 2.05) is 55.5 Å². The second kappa shape index (κ2) is 8.45. The minimum atomic E-state index is -0.553. The van der Waals surface area contributed by atoms with Crippen LogP contribution in [0.3, 0.4) is 0 Å². The number of amides is 1. The molecule has 1 amide bonds. The van der Waals surface area contributed by atoms with Gasteiger partial charge >= 0.3 is 0 Å². The summed E-state index contributed by atoms with van der Waals surface area (Å²) in [6, 6.07) is 15.0. The molecule has 5 heteroatoms. The molecule has 1 aliphatic carbocycles. The third-order valence-corrected chi connectivity index (χ3v) is 6.36. The maximum absolute atomic E-state index is 13.6. The Kier molecular flexibility index (Phi) is 5.85. The molecule has 2 atom stereocenters. The quantitative estimate of drug-likeness (QED) is 0.641. The monoisotopic (exact) mass is 432 g/mol. The highest BCUT2D eigenvalue weighted by atomic mass is 16.5. The maximum atomic E-state index is 13.6. The number of rotatable bonds is 4. The zero-order chi connectivity index (χ0) is 23.0. The van der Waals surface area contributed by atoms with Crippen LogP contribution >= 0.6 is 0 Å². The Balaban J connectivity index is 1.99. The van der Waals surface area contributed by atoms with Crippen molar-refractivity contribution in [2.75, 3.05) is 10.2 Å². The van der Waals surface area contributed by atoms with Crippen molar-refractivity contribution < 1.29 is 14.3 Å². The highest BCUT2D eigenvalue weighted by Gasteiger charge is 2.43. The number of benzene rings is 2. The van der Waals surface area contributed by atoms with E-state index in [1.165, 1.54) is 0 Å². The number of carbonyl (C=O) groups is 2. The molecule has 0 saturated carbocycles. The molecule has 0 bridgehead atoms. The second-order valence-corrected chi connectivity index (χ2v) is 9.64. The number of ether oxygens (including phenoxy) is 1. The normalized spacial score (nSPS) is 20.6. The SMILES string of the molecule is CC[C@@H](C)Oc1ccccc1[C@H]1C2=C(CC(C)(C)CC2=O)Nc2ccccc2N1C(C)=O. The second-order valence-electron chi connectivity index (χ2n) is 9.64. The van der Waals surface area contributed by atoms with Crippen molar-refractivity contribution in [3.8, 4) is 5.75 Å². The standard InChI is InChI=1S/C27H32N2O3/c1-6-17(2)32-24-14-10-7-11-19(24)26-25-21(15-27(4,5)16-23(25)31)28-20-12-8-9-13-22(20)29(26)18(3)30/h7-14,17,26,28H,6,15-16H2,1-5H3/t17-,26+/m1/s1. The fourth-order valence-corrected chi connectivity index (χ4v) is 4.74. The third-order valence-electron chi connectivity index (χ3n) is 6.36. The Morgan fingerprint density at radius 2 is 1.84 bits per heavy atom. The Morgan fingerprint density at radius 3 is 2.56 bits per heavy atom. The summed E-state index contributed by atoms with van der Waals surface area (Å²) >= 11 is 0. The minimum absolute atomic E-state index is 0.0209. The molecule has 0 radical (unpaired) electrons. The summed E-state index contributed by atoms with van der Waals surface area (Å²) in [5.74, 6) is 0.669. The predicted octanol–water partition coefficient (Wildman–Crippen LogP) is 6.03. The average Bonchev–Trinajstić information content (AvgIpc) is 2.87. The van der Waals surface area contributed by atoms with E-state index < -0.39 is 6.04 Å². The molecule has 2 aromatic rings. The van der Waals surface area contributed by atoms with Gasteiger partial charge in [0.05, 0.1) is 23.5 Å². The van der Waals surface area contributed by atoms with Crippen LogP contribution in [0.1, 0.15) is 65.5 Å². The lowest BCUT2D eigenvalue weighted by atomic mass is 9.73. The summed E-state index contributed by atoms with van der Waals surface area (Å²) in [5, 5.41) is 3.53. The van der Waals surface area contributed by atoms with Crippen LogP contribution in [0.4, 0.5) is 11.4 Å². The van der Waals surface area contributed by atoms with E-state index >= 15 is 0 Å². The van der Waals surface area contributed by atoms with Crippen LogP contribution in [0.5, 0.6) is 5.75 Å². The zero-order valence-corrected chi connectivity index (χ0v) is 19.6. The molecule has 2 aliphatic rings. The van der Waals surface area contributed by atoms with Crippen LogP contribution in [-0.4, -0.2) is 17.8 Å². The van der Waals surface area contributed by atoms with Crippen molar-refractivity contribution in [3.63, 3.8) is 0 Å². The minimum Gasteiger partial charge on any atom is -0.490 e. The number of Topliss-reactive ketones (excluding diaryl/α,β-unsaturated/α-hetero) is 1. The third kappa shape index (κ3) is 4.04. The first kappa shape index (κ1) is 22.1. The number of carbonyl (C=O) groups excluding carboxylic acids is 2. The van der Waals surface area contributed by atoms with Gasteiger partial charge < -0.3 is 10.1 Å². The molecule has 1 N–H and O–H groups in total. The first-order chi connectivity index (χ1) is 15.2. The number of allylic oxidation sites excluding steroid dienone is 1. The molecule has 0 unspecified atom stereocenters. The molecule has 2 aromatic carbocycles. The van der Waals surface area contributed by atoms with E-state index in [0.717, 1.165) is 35.5 Å². The molecule has 1 heterocycles. The van der Waals surface area contributed by atoms with Crippen molar-refractivity contribution in [3.05, 3.63) is 65.4 Å². The maximum Gasteiger partial charge on any atom is 0.224 e. The number of nitrogens with one attached hydrogen (secondary N) is 1. The average molecular weight is 433 g/mol. The molecule has 0 aromatic heterocycles.